The highest BCUT2D eigenvalue weighted by Gasteiger charge is 2.16. The van der Waals surface area contributed by atoms with Crippen molar-refractivity contribution in [1.29, 1.82) is 0 Å². The Balaban J connectivity index is 2.62. The molecule has 1 aromatic heterocycles. The maximum atomic E-state index is 6.28. The fourth-order valence-electron chi connectivity index (χ4n) is 2.16. The first-order valence-corrected chi connectivity index (χ1v) is 6.46. The van der Waals surface area contributed by atoms with Crippen molar-refractivity contribution in [2.24, 2.45) is 0 Å². The van der Waals surface area contributed by atoms with Crippen LogP contribution >= 0.6 is 11.6 Å². The predicted octanol–water partition coefficient (Wildman–Crippen LogP) is 4.07. The third-order valence-corrected chi connectivity index (χ3v) is 3.37. The second-order valence-electron chi connectivity index (χ2n) is 4.21. The minimum absolute atomic E-state index is 0.768. The highest BCUT2D eigenvalue weighted by atomic mass is 35.5. The number of halogens is 1. The quantitative estimate of drug-likeness (QED) is 0.886. The Hall–Kier alpha value is -0.990. The van der Waals surface area contributed by atoms with Crippen LogP contribution in [0.3, 0.4) is 0 Å². The SMILES string of the molecule is CCNCc1oc2c(C)ccc(Cl)c2c1CC. The van der Waals surface area contributed by atoms with E-state index in [1.807, 2.05) is 12.1 Å². The molecule has 0 aliphatic rings. The van der Waals surface area contributed by atoms with Crippen LogP contribution in [0, 0.1) is 6.92 Å². The van der Waals surface area contributed by atoms with Gasteiger partial charge >= 0.3 is 0 Å². The first-order chi connectivity index (χ1) is 8.19. The fraction of sp³-hybridized carbons (Fsp3) is 0.429. The Labute approximate surface area is 107 Å². The topological polar surface area (TPSA) is 25.2 Å². The van der Waals surface area contributed by atoms with E-state index in [0.29, 0.717) is 0 Å². The Morgan fingerprint density at radius 2 is 2.06 bits per heavy atom. The zero-order valence-electron chi connectivity index (χ0n) is 10.6. The summed E-state index contributed by atoms with van der Waals surface area (Å²) in [6.45, 7) is 7.99. The van der Waals surface area contributed by atoms with Gasteiger partial charge in [0.15, 0.2) is 0 Å². The Kier molecular flexibility index (Phi) is 3.75. The molecule has 0 radical (unpaired) electrons. The minimum atomic E-state index is 0.768. The summed E-state index contributed by atoms with van der Waals surface area (Å²) >= 11 is 6.28. The van der Waals surface area contributed by atoms with Crippen LogP contribution in [-0.4, -0.2) is 6.54 Å². The number of hydrogen-bond acceptors (Lipinski definition) is 2. The first kappa shape index (κ1) is 12.5. The number of furan rings is 1. The maximum absolute atomic E-state index is 6.28. The van der Waals surface area contributed by atoms with Gasteiger partial charge in [0.1, 0.15) is 11.3 Å². The molecule has 0 fully saturated rings. The van der Waals surface area contributed by atoms with Crippen molar-refractivity contribution >= 4 is 22.6 Å². The van der Waals surface area contributed by atoms with Crippen molar-refractivity contribution in [3.05, 3.63) is 34.0 Å². The number of nitrogens with one attached hydrogen (secondary N) is 1. The number of fused-ring (bicyclic) bond motifs is 1. The van der Waals surface area contributed by atoms with E-state index in [4.69, 9.17) is 16.0 Å². The van der Waals surface area contributed by atoms with Crippen LogP contribution in [0.25, 0.3) is 11.0 Å². The van der Waals surface area contributed by atoms with Crippen molar-refractivity contribution in [3.63, 3.8) is 0 Å². The van der Waals surface area contributed by atoms with E-state index in [1.54, 1.807) is 0 Å². The van der Waals surface area contributed by atoms with E-state index < -0.39 is 0 Å². The van der Waals surface area contributed by atoms with Gasteiger partial charge in [-0.3, -0.25) is 0 Å². The zero-order valence-corrected chi connectivity index (χ0v) is 11.3. The average molecular weight is 252 g/mol. The van der Waals surface area contributed by atoms with Crippen molar-refractivity contribution in [3.8, 4) is 0 Å². The smallest absolute Gasteiger partial charge is 0.139 e. The van der Waals surface area contributed by atoms with Gasteiger partial charge in [-0.2, -0.15) is 0 Å². The van der Waals surface area contributed by atoms with Gasteiger partial charge in [-0.25, -0.2) is 0 Å². The molecule has 2 aromatic rings. The van der Waals surface area contributed by atoms with Gasteiger partial charge in [0.2, 0.25) is 0 Å². The molecule has 1 N–H and O–H groups in total. The van der Waals surface area contributed by atoms with Crippen LogP contribution in [0.2, 0.25) is 5.02 Å². The third kappa shape index (κ3) is 2.20. The van der Waals surface area contributed by atoms with E-state index in [-0.39, 0.29) is 0 Å². The lowest BCUT2D eigenvalue weighted by Gasteiger charge is -2.01. The molecule has 3 heteroatoms. The third-order valence-electron chi connectivity index (χ3n) is 3.06. The van der Waals surface area contributed by atoms with Crippen LogP contribution in [0.1, 0.15) is 30.7 Å². The van der Waals surface area contributed by atoms with Gasteiger partial charge in [-0.05, 0) is 31.5 Å². The van der Waals surface area contributed by atoms with E-state index in [1.165, 1.54) is 5.56 Å². The van der Waals surface area contributed by atoms with E-state index in [0.717, 1.165) is 46.8 Å². The molecule has 92 valence electrons. The van der Waals surface area contributed by atoms with Gasteiger partial charge in [-0.15, -0.1) is 0 Å². The Bertz CT molecular complexity index is 530. The Morgan fingerprint density at radius 1 is 1.29 bits per heavy atom. The molecular weight excluding hydrogens is 234 g/mol. The number of rotatable bonds is 4. The van der Waals surface area contributed by atoms with Crippen molar-refractivity contribution < 1.29 is 4.42 Å². The molecule has 0 aliphatic heterocycles. The molecule has 1 aromatic carbocycles. The predicted molar refractivity (Wildman–Crippen MR) is 72.7 cm³/mol. The summed E-state index contributed by atoms with van der Waals surface area (Å²) in [5, 5.41) is 5.17. The van der Waals surface area contributed by atoms with Gasteiger partial charge in [0.05, 0.1) is 11.6 Å². The molecule has 0 saturated carbocycles. The molecular formula is C14H18ClNO. The summed E-state index contributed by atoms with van der Waals surface area (Å²) < 4.78 is 5.96. The van der Waals surface area contributed by atoms with E-state index in [2.05, 4.69) is 26.1 Å². The standard InChI is InChI=1S/C14H18ClNO/c1-4-10-12(8-16-5-2)17-14-9(3)6-7-11(15)13(10)14/h6-7,16H,4-5,8H2,1-3H3. The molecule has 17 heavy (non-hydrogen) atoms. The summed E-state index contributed by atoms with van der Waals surface area (Å²) in [5.41, 5.74) is 3.30. The highest BCUT2D eigenvalue weighted by molar-refractivity contribution is 6.35. The van der Waals surface area contributed by atoms with E-state index >= 15 is 0 Å². The lowest BCUT2D eigenvalue weighted by molar-refractivity contribution is 0.513. The normalized spacial score (nSPS) is 11.3. The lowest BCUT2D eigenvalue weighted by atomic mass is 10.1. The molecule has 0 aliphatic carbocycles. The Morgan fingerprint density at radius 3 is 2.71 bits per heavy atom. The van der Waals surface area contributed by atoms with E-state index in [9.17, 15) is 0 Å². The fourth-order valence-corrected chi connectivity index (χ4v) is 2.42. The number of hydrogen-bond donors (Lipinski definition) is 1. The molecule has 0 saturated heterocycles. The monoisotopic (exact) mass is 251 g/mol. The van der Waals surface area contributed by atoms with Crippen LogP contribution in [-0.2, 0) is 13.0 Å². The number of benzene rings is 1. The first-order valence-electron chi connectivity index (χ1n) is 6.09. The molecule has 0 bridgehead atoms. The average Bonchev–Trinajstić information content (AvgIpc) is 2.71. The highest BCUT2D eigenvalue weighted by Crippen LogP contribution is 2.34. The summed E-state index contributed by atoms with van der Waals surface area (Å²) in [4.78, 5) is 0. The molecule has 0 spiro atoms. The number of aryl methyl sites for hydroxylation is 2. The maximum Gasteiger partial charge on any atom is 0.139 e. The van der Waals surface area contributed by atoms with Gasteiger partial charge in [0.25, 0.3) is 0 Å². The largest absolute Gasteiger partial charge is 0.459 e. The summed E-state index contributed by atoms with van der Waals surface area (Å²) in [7, 11) is 0. The van der Waals surface area contributed by atoms with Crippen molar-refractivity contribution in [2.45, 2.75) is 33.7 Å². The van der Waals surface area contributed by atoms with Gasteiger partial charge in [-0.1, -0.05) is 31.5 Å². The molecule has 0 unspecified atom stereocenters. The van der Waals surface area contributed by atoms with Crippen LogP contribution in [0.15, 0.2) is 16.5 Å². The summed E-state index contributed by atoms with van der Waals surface area (Å²) in [5.74, 6) is 1.01. The molecule has 2 rings (SSSR count). The van der Waals surface area contributed by atoms with Crippen LogP contribution < -0.4 is 5.32 Å². The second kappa shape index (κ2) is 5.11. The van der Waals surface area contributed by atoms with Crippen LogP contribution in [0.4, 0.5) is 0 Å². The summed E-state index contributed by atoms with van der Waals surface area (Å²) in [6.07, 6.45) is 0.941. The van der Waals surface area contributed by atoms with Crippen molar-refractivity contribution in [2.75, 3.05) is 6.54 Å². The van der Waals surface area contributed by atoms with Gasteiger partial charge < -0.3 is 9.73 Å². The second-order valence-corrected chi connectivity index (χ2v) is 4.61. The molecule has 0 amide bonds. The molecule has 2 nitrogen and oxygen atoms in total. The minimum Gasteiger partial charge on any atom is -0.459 e. The zero-order chi connectivity index (χ0) is 12.4. The van der Waals surface area contributed by atoms with Crippen LogP contribution in [0.5, 0.6) is 0 Å². The molecule has 0 atom stereocenters. The van der Waals surface area contributed by atoms with Crippen molar-refractivity contribution in [1.82, 2.24) is 5.32 Å². The lowest BCUT2D eigenvalue weighted by Crippen LogP contribution is -2.12. The van der Waals surface area contributed by atoms with Gasteiger partial charge in [0, 0.05) is 10.9 Å². The molecule has 1 heterocycles. The summed E-state index contributed by atoms with van der Waals surface area (Å²) in [6, 6.07) is 3.95.